The Morgan fingerprint density at radius 2 is 1.63 bits per heavy atom. The summed E-state index contributed by atoms with van der Waals surface area (Å²) in [5, 5.41) is 10.2. The number of carbonyl (C=O) groups is 1. The van der Waals surface area contributed by atoms with E-state index in [4.69, 9.17) is 9.47 Å². The summed E-state index contributed by atoms with van der Waals surface area (Å²) in [6, 6.07) is 24.8. The van der Waals surface area contributed by atoms with Crippen molar-refractivity contribution in [2.75, 3.05) is 33.0 Å². The largest absolute Gasteiger partial charge is 0.454 e. The van der Waals surface area contributed by atoms with Crippen LogP contribution in [-0.2, 0) is 0 Å². The van der Waals surface area contributed by atoms with Gasteiger partial charge in [0.05, 0.1) is 6.61 Å². The van der Waals surface area contributed by atoms with Gasteiger partial charge in [-0.15, -0.1) is 0 Å². The first-order chi connectivity index (χ1) is 17.2. The van der Waals surface area contributed by atoms with E-state index in [0.717, 1.165) is 25.9 Å². The molecule has 3 aromatic carbocycles. The Balaban J connectivity index is 1.24. The van der Waals surface area contributed by atoms with Crippen molar-refractivity contribution in [1.82, 2.24) is 9.80 Å². The predicted molar refractivity (Wildman–Crippen MR) is 134 cm³/mol. The van der Waals surface area contributed by atoms with Gasteiger partial charge in [-0.2, -0.15) is 0 Å². The first-order valence-electron chi connectivity index (χ1n) is 12.4. The van der Waals surface area contributed by atoms with E-state index < -0.39 is 0 Å². The number of rotatable bonds is 4. The number of carbonyl (C=O) groups excluding carboxylic acids is 1. The van der Waals surface area contributed by atoms with Gasteiger partial charge in [-0.1, -0.05) is 54.6 Å². The van der Waals surface area contributed by atoms with Crippen molar-refractivity contribution in [2.24, 2.45) is 0 Å². The molecule has 2 saturated heterocycles. The third-order valence-corrected chi connectivity index (χ3v) is 7.68. The predicted octanol–water partition coefficient (Wildman–Crippen LogP) is 4.15. The Hall–Kier alpha value is -3.35. The molecule has 6 nitrogen and oxygen atoms in total. The number of nitrogens with zero attached hydrogens (tertiary/aromatic N) is 2. The van der Waals surface area contributed by atoms with Gasteiger partial charge in [0, 0.05) is 36.7 Å². The van der Waals surface area contributed by atoms with Gasteiger partial charge in [0.25, 0.3) is 5.91 Å². The number of amides is 1. The van der Waals surface area contributed by atoms with Crippen LogP contribution in [0.1, 0.15) is 34.7 Å². The van der Waals surface area contributed by atoms with E-state index in [2.05, 4.69) is 53.4 Å². The Morgan fingerprint density at radius 3 is 2.43 bits per heavy atom. The van der Waals surface area contributed by atoms with Crippen LogP contribution in [0.4, 0.5) is 0 Å². The summed E-state index contributed by atoms with van der Waals surface area (Å²) >= 11 is 0. The average Bonchev–Trinajstić information content (AvgIpc) is 3.36. The van der Waals surface area contributed by atoms with Gasteiger partial charge in [-0.25, -0.2) is 0 Å². The van der Waals surface area contributed by atoms with Gasteiger partial charge in [-0.05, 0) is 54.3 Å². The molecule has 0 unspecified atom stereocenters. The summed E-state index contributed by atoms with van der Waals surface area (Å²) in [6.45, 7) is 2.66. The maximum atomic E-state index is 13.5. The van der Waals surface area contributed by atoms with Gasteiger partial charge in [0.1, 0.15) is 0 Å². The molecule has 0 aliphatic carbocycles. The highest BCUT2D eigenvalue weighted by Crippen LogP contribution is 2.42. The quantitative estimate of drug-likeness (QED) is 0.621. The fraction of sp³-hybridized carbons (Fsp3) is 0.345. The normalized spacial score (nSPS) is 23.7. The van der Waals surface area contributed by atoms with Crippen molar-refractivity contribution in [3.8, 4) is 22.6 Å². The number of hydrogen-bond donors (Lipinski definition) is 1. The maximum absolute atomic E-state index is 13.5. The van der Waals surface area contributed by atoms with Crippen molar-refractivity contribution in [3.63, 3.8) is 0 Å². The molecule has 3 aliphatic heterocycles. The number of fused-ring (bicyclic) bond motifs is 2. The second-order valence-corrected chi connectivity index (χ2v) is 9.60. The van der Waals surface area contributed by atoms with Crippen LogP contribution in [-0.4, -0.2) is 65.9 Å². The fourth-order valence-electron chi connectivity index (χ4n) is 5.87. The van der Waals surface area contributed by atoms with E-state index in [1.165, 1.54) is 16.7 Å². The molecule has 0 radical (unpaired) electrons. The third kappa shape index (κ3) is 4.07. The lowest BCUT2D eigenvalue weighted by Gasteiger charge is -2.57. The maximum Gasteiger partial charge on any atom is 0.254 e. The monoisotopic (exact) mass is 470 g/mol. The van der Waals surface area contributed by atoms with Gasteiger partial charge < -0.3 is 19.5 Å². The third-order valence-electron chi connectivity index (χ3n) is 7.68. The van der Waals surface area contributed by atoms with Gasteiger partial charge in [0.15, 0.2) is 11.5 Å². The summed E-state index contributed by atoms with van der Waals surface area (Å²) in [5.41, 5.74) is 4.23. The van der Waals surface area contributed by atoms with Gasteiger partial charge in [-0.3, -0.25) is 9.69 Å². The average molecular weight is 471 g/mol. The molecule has 1 N–H and O–H groups in total. The molecule has 35 heavy (non-hydrogen) atoms. The summed E-state index contributed by atoms with van der Waals surface area (Å²) in [4.78, 5) is 17.9. The SMILES string of the molecule is O=C(c1ccc2c(c1)OCO2)N1CCCCN2[C@H](CO)[C@H](c3ccc(-c4ccccc4)cc3)[C@@H]2C1. The number of aliphatic hydroxyl groups is 1. The van der Waals surface area contributed by atoms with Crippen molar-refractivity contribution in [3.05, 3.63) is 83.9 Å². The van der Waals surface area contributed by atoms with E-state index >= 15 is 0 Å². The minimum Gasteiger partial charge on any atom is -0.454 e. The zero-order chi connectivity index (χ0) is 23.8. The van der Waals surface area contributed by atoms with Crippen LogP contribution in [0, 0.1) is 0 Å². The molecule has 1 amide bonds. The fourth-order valence-corrected chi connectivity index (χ4v) is 5.87. The molecule has 6 rings (SSSR count). The van der Waals surface area contributed by atoms with E-state index in [1.807, 2.05) is 23.1 Å². The molecule has 6 heteroatoms. The molecule has 0 bridgehead atoms. The van der Waals surface area contributed by atoms with E-state index in [1.54, 1.807) is 6.07 Å². The number of benzene rings is 3. The van der Waals surface area contributed by atoms with Crippen LogP contribution in [0.15, 0.2) is 72.8 Å². The standard InChI is InChI=1S/C29H30N2O4/c32-18-25-28(22-10-8-21(9-11-22)20-6-2-1-3-7-20)24-17-30(14-4-5-15-31(24)25)29(33)23-12-13-26-27(16-23)35-19-34-26/h1-3,6-13,16,24-25,28,32H,4-5,14-15,17-19H2/t24-,25+,28+/m0/s1. The lowest BCUT2D eigenvalue weighted by atomic mass is 9.74. The van der Waals surface area contributed by atoms with Crippen molar-refractivity contribution >= 4 is 5.91 Å². The lowest BCUT2D eigenvalue weighted by molar-refractivity contribution is -0.0606. The minimum atomic E-state index is 0.0239. The summed E-state index contributed by atoms with van der Waals surface area (Å²) in [6.07, 6.45) is 1.96. The second kappa shape index (κ2) is 9.36. The van der Waals surface area contributed by atoms with Gasteiger partial charge in [0.2, 0.25) is 6.79 Å². The number of aliphatic hydroxyl groups excluding tert-OH is 1. The molecule has 0 aromatic heterocycles. The summed E-state index contributed by atoms with van der Waals surface area (Å²) in [5.74, 6) is 1.53. The molecule has 3 aromatic rings. The molecule has 0 spiro atoms. The smallest absolute Gasteiger partial charge is 0.254 e. The molecule has 180 valence electrons. The Kier molecular flexibility index (Phi) is 5.92. The van der Waals surface area contributed by atoms with Gasteiger partial charge >= 0.3 is 0 Å². The second-order valence-electron chi connectivity index (χ2n) is 9.60. The first-order valence-corrected chi connectivity index (χ1v) is 12.4. The molecular weight excluding hydrogens is 440 g/mol. The molecule has 0 saturated carbocycles. The Bertz CT molecular complexity index is 1200. The van der Waals surface area contributed by atoms with Crippen molar-refractivity contribution in [1.29, 1.82) is 0 Å². The van der Waals surface area contributed by atoms with Crippen LogP contribution in [0.5, 0.6) is 11.5 Å². The molecular formula is C29H30N2O4. The van der Waals surface area contributed by atoms with E-state index in [0.29, 0.717) is 23.6 Å². The van der Waals surface area contributed by atoms with Crippen LogP contribution in [0.25, 0.3) is 11.1 Å². The minimum absolute atomic E-state index is 0.0239. The number of ether oxygens (including phenoxy) is 2. The van der Waals surface area contributed by atoms with Crippen LogP contribution >= 0.6 is 0 Å². The zero-order valence-corrected chi connectivity index (χ0v) is 19.7. The highest BCUT2D eigenvalue weighted by Gasteiger charge is 2.49. The van der Waals surface area contributed by atoms with Crippen LogP contribution < -0.4 is 9.47 Å². The number of hydrogen-bond acceptors (Lipinski definition) is 5. The summed E-state index contributed by atoms with van der Waals surface area (Å²) in [7, 11) is 0. The topological polar surface area (TPSA) is 62.2 Å². The van der Waals surface area contributed by atoms with Crippen molar-refractivity contribution < 1.29 is 19.4 Å². The molecule has 2 fully saturated rings. The van der Waals surface area contributed by atoms with E-state index in [-0.39, 0.29) is 37.3 Å². The highest BCUT2D eigenvalue weighted by molar-refractivity contribution is 5.95. The summed E-state index contributed by atoms with van der Waals surface area (Å²) < 4.78 is 10.9. The molecule has 3 heterocycles. The Morgan fingerprint density at radius 1 is 0.886 bits per heavy atom. The molecule has 3 aliphatic rings. The Labute approximate surface area is 205 Å². The van der Waals surface area contributed by atoms with Crippen molar-refractivity contribution in [2.45, 2.75) is 30.8 Å². The zero-order valence-electron chi connectivity index (χ0n) is 19.7. The first kappa shape index (κ1) is 22.1. The van der Waals surface area contributed by atoms with Crippen LogP contribution in [0.2, 0.25) is 0 Å². The van der Waals surface area contributed by atoms with E-state index in [9.17, 15) is 9.90 Å². The van der Waals surface area contributed by atoms with Crippen LogP contribution in [0.3, 0.4) is 0 Å². The highest BCUT2D eigenvalue weighted by atomic mass is 16.7. The lowest BCUT2D eigenvalue weighted by Crippen LogP contribution is -2.67. The molecule has 3 atom stereocenters.